The van der Waals surface area contributed by atoms with E-state index in [-0.39, 0.29) is 0 Å². The topological polar surface area (TPSA) is 64.4 Å². The minimum atomic E-state index is -4.86. The van der Waals surface area contributed by atoms with Gasteiger partial charge in [0.1, 0.15) is 5.69 Å². The minimum Gasteiger partial charge on any atom is -0.423 e. The number of carbonyl (C=O) groups is 1. The summed E-state index contributed by atoms with van der Waals surface area (Å²) in [6, 6.07) is 1.21. The van der Waals surface area contributed by atoms with Gasteiger partial charge in [0.2, 0.25) is 0 Å². The van der Waals surface area contributed by atoms with E-state index < -0.39 is 64.4 Å². The van der Waals surface area contributed by atoms with Gasteiger partial charge in [-0.2, -0.15) is 31.7 Å². The molecule has 6 nitrogen and oxygen atoms in total. The number of ether oxygens (including phenoxy) is 1. The molecule has 0 bridgehead atoms. The largest absolute Gasteiger partial charge is 0.483 e. The van der Waals surface area contributed by atoms with Crippen LogP contribution < -0.4 is 15.2 Å². The Bertz CT molecular complexity index is 1120. The van der Waals surface area contributed by atoms with Gasteiger partial charge in [-0.3, -0.25) is 14.5 Å². The highest BCUT2D eigenvalue weighted by molar-refractivity contribution is 6.01. The number of nitrogens with zero attached hydrogens (tertiary/aromatic N) is 3. The summed E-state index contributed by atoms with van der Waals surface area (Å²) < 4.78 is 85.1. The number of aromatic nitrogens is 2. The molecule has 2 aromatic rings. The predicted molar refractivity (Wildman–Crippen MR) is 86.3 cm³/mol. The van der Waals surface area contributed by atoms with E-state index in [1.807, 2.05) is 5.92 Å². The van der Waals surface area contributed by atoms with E-state index in [1.54, 1.807) is 0 Å². The van der Waals surface area contributed by atoms with E-state index in [4.69, 9.17) is 6.42 Å². The maximum atomic E-state index is 14.5. The van der Waals surface area contributed by atoms with Crippen molar-refractivity contribution in [3.05, 3.63) is 45.6 Å². The van der Waals surface area contributed by atoms with Crippen LogP contribution in [0.2, 0.25) is 0 Å². The van der Waals surface area contributed by atoms with Crippen LogP contribution in [-0.2, 0) is 11.0 Å². The number of benzene rings is 1. The average molecular weight is 417 g/mol. The van der Waals surface area contributed by atoms with Crippen molar-refractivity contribution in [2.45, 2.75) is 19.2 Å². The number of alkyl halides is 5. The number of terminal acetylenes is 1. The van der Waals surface area contributed by atoms with Crippen molar-refractivity contribution in [2.24, 2.45) is 0 Å². The molecule has 0 unspecified atom stereocenters. The van der Waals surface area contributed by atoms with E-state index in [0.717, 1.165) is 13.0 Å². The fourth-order valence-corrected chi connectivity index (χ4v) is 2.68. The summed E-state index contributed by atoms with van der Waals surface area (Å²) in [7, 11) is 0. The molecule has 1 amide bonds. The summed E-state index contributed by atoms with van der Waals surface area (Å²) in [6.07, 6.45) is -3.78. The van der Waals surface area contributed by atoms with Gasteiger partial charge < -0.3 is 4.74 Å². The molecule has 0 saturated heterocycles. The van der Waals surface area contributed by atoms with Crippen LogP contribution in [0.1, 0.15) is 11.1 Å². The summed E-state index contributed by atoms with van der Waals surface area (Å²) in [5.74, 6) is -1.90. The number of hydrogen-bond donors (Lipinski definition) is 0. The molecule has 29 heavy (non-hydrogen) atoms. The lowest BCUT2D eigenvalue weighted by atomic mass is 10.1. The lowest BCUT2D eigenvalue weighted by Crippen LogP contribution is -2.51. The Labute approximate surface area is 158 Å². The van der Waals surface area contributed by atoms with Gasteiger partial charge in [0.15, 0.2) is 11.6 Å². The fraction of sp³-hybridized carbons (Fsp3) is 0.235. The smallest absolute Gasteiger partial charge is 0.423 e. The monoisotopic (exact) mass is 417 g/mol. The zero-order valence-corrected chi connectivity index (χ0v) is 14.4. The minimum absolute atomic E-state index is 0.311. The highest BCUT2D eigenvalue weighted by atomic mass is 19.4. The van der Waals surface area contributed by atoms with Crippen molar-refractivity contribution in [1.82, 2.24) is 9.78 Å². The third-order valence-corrected chi connectivity index (χ3v) is 4.05. The number of anilines is 1. The van der Waals surface area contributed by atoms with Crippen molar-refractivity contribution in [3.63, 3.8) is 0 Å². The van der Waals surface area contributed by atoms with Gasteiger partial charge in [-0.15, -0.1) is 6.42 Å². The van der Waals surface area contributed by atoms with E-state index in [9.17, 15) is 35.9 Å². The Morgan fingerprint density at radius 2 is 1.90 bits per heavy atom. The van der Waals surface area contributed by atoms with Crippen LogP contribution in [0.3, 0.4) is 0 Å². The fourth-order valence-electron chi connectivity index (χ4n) is 2.68. The molecule has 0 aliphatic carbocycles. The second kappa shape index (κ2) is 6.54. The van der Waals surface area contributed by atoms with Gasteiger partial charge in [-0.05, 0) is 13.0 Å². The van der Waals surface area contributed by atoms with Crippen LogP contribution in [-0.4, -0.2) is 28.3 Å². The molecule has 0 spiro atoms. The first-order valence-electron chi connectivity index (χ1n) is 7.70. The Morgan fingerprint density at radius 3 is 2.48 bits per heavy atom. The molecular formula is C17H9F6N3O3. The van der Waals surface area contributed by atoms with Crippen molar-refractivity contribution >= 4 is 11.6 Å². The number of hydrogen-bond acceptors (Lipinski definition) is 4. The average Bonchev–Trinajstić information content (AvgIpc) is 2.60. The van der Waals surface area contributed by atoms with Crippen molar-refractivity contribution in [3.8, 4) is 23.8 Å². The van der Waals surface area contributed by atoms with E-state index in [1.165, 1.54) is 0 Å². The number of amides is 1. The third-order valence-electron chi connectivity index (χ3n) is 4.05. The van der Waals surface area contributed by atoms with Gasteiger partial charge in [-0.25, -0.2) is 4.39 Å². The SMILES string of the molecule is C#CCN1C(=O)C(F)(F)Oc2cc(F)c(-n3ncc(C(F)(F)F)c(C)c3=O)cc21. The molecule has 0 fully saturated rings. The molecule has 12 heteroatoms. The molecule has 1 aliphatic heterocycles. The van der Waals surface area contributed by atoms with Crippen LogP contribution in [0, 0.1) is 25.1 Å². The highest BCUT2D eigenvalue weighted by Crippen LogP contribution is 2.41. The Morgan fingerprint density at radius 1 is 1.24 bits per heavy atom. The van der Waals surface area contributed by atoms with Gasteiger partial charge >= 0.3 is 18.2 Å². The molecule has 2 heterocycles. The lowest BCUT2D eigenvalue weighted by Gasteiger charge is -2.32. The third kappa shape index (κ3) is 3.28. The first-order chi connectivity index (χ1) is 13.4. The highest BCUT2D eigenvalue weighted by Gasteiger charge is 2.50. The second-order valence-corrected chi connectivity index (χ2v) is 5.88. The first-order valence-corrected chi connectivity index (χ1v) is 7.70. The molecular weight excluding hydrogens is 408 g/mol. The number of carbonyl (C=O) groups excluding carboxylic acids is 1. The molecule has 152 valence electrons. The molecule has 1 aliphatic rings. The van der Waals surface area contributed by atoms with Crippen molar-refractivity contribution in [1.29, 1.82) is 0 Å². The summed E-state index contributed by atoms with van der Waals surface area (Å²) in [5, 5.41) is 3.32. The first kappa shape index (κ1) is 20.2. The van der Waals surface area contributed by atoms with Gasteiger partial charge in [0.25, 0.3) is 5.56 Å². The Balaban J connectivity index is 2.23. The summed E-state index contributed by atoms with van der Waals surface area (Å²) in [5.41, 5.74) is -4.46. The zero-order chi connectivity index (χ0) is 21.7. The van der Waals surface area contributed by atoms with Gasteiger partial charge in [0.05, 0.1) is 24.0 Å². The van der Waals surface area contributed by atoms with Crippen LogP contribution in [0.5, 0.6) is 5.75 Å². The zero-order valence-electron chi connectivity index (χ0n) is 14.4. The molecule has 0 saturated carbocycles. The molecule has 0 atom stereocenters. The van der Waals surface area contributed by atoms with Crippen LogP contribution in [0.25, 0.3) is 5.69 Å². The Hall–Kier alpha value is -3.49. The molecule has 0 radical (unpaired) electrons. The quantitative estimate of drug-likeness (QED) is 0.557. The van der Waals surface area contributed by atoms with E-state index in [2.05, 4.69) is 9.84 Å². The maximum absolute atomic E-state index is 14.5. The Kier molecular flexibility index (Phi) is 4.57. The van der Waals surface area contributed by atoms with Gasteiger partial charge in [-0.1, -0.05) is 5.92 Å². The second-order valence-electron chi connectivity index (χ2n) is 5.88. The summed E-state index contributed by atoms with van der Waals surface area (Å²) >= 11 is 0. The molecule has 0 N–H and O–H groups in total. The molecule has 1 aromatic heterocycles. The summed E-state index contributed by atoms with van der Waals surface area (Å²) in [4.78, 5) is 24.6. The van der Waals surface area contributed by atoms with Crippen molar-refractivity contribution in [2.75, 3.05) is 11.4 Å². The van der Waals surface area contributed by atoms with Crippen LogP contribution in [0.15, 0.2) is 23.1 Å². The normalized spacial score (nSPS) is 15.5. The molecule has 3 rings (SSSR count). The lowest BCUT2D eigenvalue weighted by molar-refractivity contribution is -0.192. The molecule has 1 aromatic carbocycles. The maximum Gasteiger partial charge on any atom is 0.483 e. The van der Waals surface area contributed by atoms with Crippen LogP contribution in [0.4, 0.5) is 32.0 Å². The number of rotatable bonds is 2. The number of fused-ring (bicyclic) bond motifs is 1. The van der Waals surface area contributed by atoms with Crippen molar-refractivity contribution < 1.29 is 35.9 Å². The van der Waals surface area contributed by atoms with E-state index in [0.29, 0.717) is 21.8 Å². The number of halogens is 6. The van der Waals surface area contributed by atoms with E-state index >= 15 is 0 Å². The predicted octanol–water partition coefficient (Wildman–Crippen LogP) is 2.65. The van der Waals surface area contributed by atoms with Gasteiger partial charge in [0, 0.05) is 11.6 Å². The summed E-state index contributed by atoms with van der Waals surface area (Å²) in [6.45, 7) is 0.238. The van der Waals surface area contributed by atoms with Crippen LogP contribution >= 0.6 is 0 Å². The standard InChI is InChI=1S/C17H9F6N3O3/c1-3-4-25-12-6-11(10(18)5-13(12)29-17(22,23)15(25)28)26-14(27)8(2)9(7-24-26)16(19,20)21/h1,5-7H,4H2,2H3.